The molecule has 0 saturated heterocycles. The van der Waals surface area contributed by atoms with E-state index < -0.39 is 5.97 Å². The Morgan fingerprint density at radius 3 is 2.48 bits per heavy atom. The second-order valence-corrected chi connectivity index (χ2v) is 7.42. The van der Waals surface area contributed by atoms with Crippen molar-refractivity contribution in [2.45, 2.75) is 6.92 Å². The summed E-state index contributed by atoms with van der Waals surface area (Å²) in [6.45, 7) is 1.99. The molecule has 0 atom stereocenters. The van der Waals surface area contributed by atoms with E-state index in [-0.39, 0.29) is 12.5 Å². The number of carbonyl (C=O) groups excluding carboxylic acids is 2. The summed E-state index contributed by atoms with van der Waals surface area (Å²) < 4.78 is 15.7. The maximum atomic E-state index is 12.6. The van der Waals surface area contributed by atoms with E-state index in [9.17, 15) is 9.59 Å². The molecule has 0 radical (unpaired) electrons. The average Bonchev–Trinajstić information content (AvgIpc) is 3.22. The van der Waals surface area contributed by atoms with E-state index in [1.165, 1.54) is 17.4 Å². The Morgan fingerprint density at radius 1 is 1.03 bits per heavy atom. The zero-order chi connectivity index (χ0) is 22.2. The van der Waals surface area contributed by atoms with Crippen molar-refractivity contribution < 1.29 is 23.8 Å². The van der Waals surface area contributed by atoms with Crippen molar-refractivity contribution in [2.24, 2.45) is 0 Å². The number of anilines is 1. The third kappa shape index (κ3) is 5.52. The molecule has 1 aromatic heterocycles. The number of methoxy groups -OCH3 is 2. The molecule has 6 nitrogen and oxygen atoms in total. The van der Waals surface area contributed by atoms with Crippen LogP contribution in [-0.2, 0) is 9.53 Å². The van der Waals surface area contributed by atoms with Gasteiger partial charge in [0.25, 0.3) is 0 Å². The van der Waals surface area contributed by atoms with E-state index in [1.807, 2.05) is 30.3 Å². The molecule has 0 aliphatic rings. The minimum absolute atomic E-state index is 0.248. The number of amides is 1. The van der Waals surface area contributed by atoms with Crippen LogP contribution in [-0.4, -0.2) is 32.7 Å². The summed E-state index contributed by atoms with van der Waals surface area (Å²) in [6, 6.07) is 16.7. The maximum Gasteiger partial charge on any atom is 0.341 e. The van der Waals surface area contributed by atoms with Crippen LogP contribution in [0.4, 0.5) is 5.00 Å². The molecule has 1 N–H and O–H groups in total. The molecule has 0 aliphatic carbocycles. The van der Waals surface area contributed by atoms with E-state index in [4.69, 9.17) is 14.2 Å². The predicted octanol–water partition coefficient (Wildman–Crippen LogP) is 5.26. The summed E-state index contributed by atoms with van der Waals surface area (Å²) in [5.74, 6) is 0.405. The summed E-state index contributed by atoms with van der Waals surface area (Å²) in [5, 5.41) is 3.23. The van der Waals surface area contributed by atoms with Crippen molar-refractivity contribution in [1.29, 1.82) is 0 Å². The Morgan fingerprint density at radius 2 is 1.81 bits per heavy atom. The zero-order valence-electron chi connectivity index (χ0n) is 17.5. The second kappa shape index (κ2) is 10.4. The van der Waals surface area contributed by atoms with Gasteiger partial charge in [-0.2, -0.15) is 0 Å². The number of ether oxygens (including phenoxy) is 3. The fourth-order valence-corrected chi connectivity index (χ4v) is 3.93. The lowest BCUT2D eigenvalue weighted by Crippen LogP contribution is -2.11. The molecule has 1 amide bonds. The molecular formula is C24H23NO5S. The van der Waals surface area contributed by atoms with Gasteiger partial charge in [-0.25, -0.2) is 4.79 Å². The van der Waals surface area contributed by atoms with Crippen LogP contribution in [0.2, 0.25) is 0 Å². The first-order valence-corrected chi connectivity index (χ1v) is 10.4. The zero-order valence-corrected chi connectivity index (χ0v) is 18.3. The highest BCUT2D eigenvalue weighted by molar-refractivity contribution is 7.20. The Bertz CT molecular complexity index is 1090. The van der Waals surface area contributed by atoms with Gasteiger partial charge in [0.1, 0.15) is 16.5 Å². The molecule has 3 aromatic rings. The van der Waals surface area contributed by atoms with Crippen LogP contribution in [0.1, 0.15) is 22.8 Å². The molecule has 0 aliphatic heterocycles. The van der Waals surface area contributed by atoms with Gasteiger partial charge >= 0.3 is 5.97 Å². The van der Waals surface area contributed by atoms with E-state index >= 15 is 0 Å². The largest absolute Gasteiger partial charge is 0.497 e. The third-order valence-corrected chi connectivity index (χ3v) is 5.47. The van der Waals surface area contributed by atoms with Gasteiger partial charge in [-0.1, -0.05) is 30.3 Å². The fourth-order valence-electron chi connectivity index (χ4n) is 2.88. The Balaban J connectivity index is 1.86. The topological polar surface area (TPSA) is 73.9 Å². The van der Waals surface area contributed by atoms with E-state index in [2.05, 4.69) is 5.32 Å². The van der Waals surface area contributed by atoms with Crippen LogP contribution in [0.15, 0.2) is 60.7 Å². The van der Waals surface area contributed by atoms with Gasteiger partial charge in [-0.05, 0) is 42.8 Å². The first-order chi connectivity index (χ1) is 15.0. The highest BCUT2D eigenvalue weighted by Crippen LogP contribution is 2.36. The lowest BCUT2D eigenvalue weighted by Gasteiger charge is -2.07. The van der Waals surface area contributed by atoms with Crippen molar-refractivity contribution in [2.75, 3.05) is 26.1 Å². The summed E-state index contributed by atoms with van der Waals surface area (Å²) in [4.78, 5) is 25.9. The average molecular weight is 438 g/mol. The Labute approximate surface area is 185 Å². The monoisotopic (exact) mass is 437 g/mol. The van der Waals surface area contributed by atoms with Gasteiger partial charge in [0.15, 0.2) is 0 Å². The Kier molecular flexibility index (Phi) is 7.45. The van der Waals surface area contributed by atoms with Crippen LogP contribution in [0.3, 0.4) is 0 Å². The molecular weight excluding hydrogens is 414 g/mol. The molecule has 3 rings (SSSR count). The van der Waals surface area contributed by atoms with Crippen molar-refractivity contribution in [3.8, 4) is 21.9 Å². The number of carbonyl (C=O) groups is 2. The van der Waals surface area contributed by atoms with Crippen molar-refractivity contribution in [1.82, 2.24) is 0 Å². The molecule has 0 unspecified atom stereocenters. The number of rotatable bonds is 8. The summed E-state index contributed by atoms with van der Waals surface area (Å²) >= 11 is 1.32. The highest BCUT2D eigenvalue weighted by atomic mass is 32.1. The SMILES string of the molecule is CCOC(=O)c1cc(-c2ccccc2)sc1NC(=O)/C=C/c1cc(OC)ccc1OC. The molecule has 160 valence electrons. The lowest BCUT2D eigenvalue weighted by molar-refractivity contribution is -0.111. The van der Waals surface area contributed by atoms with E-state index in [0.717, 1.165) is 10.4 Å². The summed E-state index contributed by atoms with van der Waals surface area (Å²) in [7, 11) is 3.13. The number of hydrogen-bond donors (Lipinski definition) is 1. The van der Waals surface area contributed by atoms with Crippen LogP contribution in [0.25, 0.3) is 16.5 Å². The van der Waals surface area contributed by atoms with E-state index in [0.29, 0.717) is 27.6 Å². The van der Waals surface area contributed by atoms with Crippen molar-refractivity contribution in [3.63, 3.8) is 0 Å². The first-order valence-electron chi connectivity index (χ1n) is 9.63. The van der Waals surface area contributed by atoms with Crippen LogP contribution in [0.5, 0.6) is 11.5 Å². The molecule has 7 heteroatoms. The van der Waals surface area contributed by atoms with Gasteiger partial charge in [0, 0.05) is 16.5 Å². The Hall–Kier alpha value is -3.58. The smallest absolute Gasteiger partial charge is 0.341 e. The molecule has 0 bridgehead atoms. The number of thiophene rings is 1. The van der Waals surface area contributed by atoms with Gasteiger partial charge in [-0.3, -0.25) is 4.79 Å². The van der Waals surface area contributed by atoms with Gasteiger partial charge < -0.3 is 19.5 Å². The molecule has 0 saturated carbocycles. The summed E-state index contributed by atoms with van der Waals surface area (Å²) in [6.07, 6.45) is 3.01. The number of nitrogens with one attached hydrogen (secondary N) is 1. The van der Waals surface area contributed by atoms with Crippen molar-refractivity contribution >= 4 is 34.3 Å². The molecule has 0 spiro atoms. The molecule has 0 fully saturated rings. The lowest BCUT2D eigenvalue weighted by atomic mass is 10.1. The number of benzene rings is 2. The van der Waals surface area contributed by atoms with Gasteiger partial charge in [0.05, 0.1) is 26.4 Å². The van der Waals surface area contributed by atoms with Crippen LogP contribution >= 0.6 is 11.3 Å². The third-order valence-electron chi connectivity index (χ3n) is 4.37. The molecule has 31 heavy (non-hydrogen) atoms. The quantitative estimate of drug-likeness (QED) is 0.384. The van der Waals surface area contributed by atoms with Gasteiger partial charge in [-0.15, -0.1) is 11.3 Å². The highest BCUT2D eigenvalue weighted by Gasteiger charge is 2.19. The first kappa shape index (κ1) is 22.1. The molecule has 2 aromatic carbocycles. The standard InChI is InChI=1S/C24H23NO5S/c1-4-30-24(27)19-15-21(16-8-6-5-7-9-16)31-23(19)25-22(26)13-10-17-14-18(28-2)11-12-20(17)29-3/h5-15H,4H2,1-3H3,(H,25,26)/b13-10+. The molecule has 1 heterocycles. The fraction of sp³-hybridized carbons (Fsp3) is 0.167. The van der Waals surface area contributed by atoms with Crippen LogP contribution in [0, 0.1) is 0 Å². The maximum absolute atomic E-state index is 12.6. The normalized spacial score (nSPS) is 10.7. The predicted molar refractivity (Wildman–Crippen MR) is 123 cm³/mol. The van der Waals surface area contributed by atoms with Gasteiger partial charge in [0.2, 0.25) is 5.91 Å². The number of hydrogen-bond acceptors (Lipinski definition) is 6. The minimum Gasteiger partial charge on any atom is -0.497 e. The minimum atomic E-state index is -0.477. The number of esters is 1. The summed E-state index contributed by atoms with van der Waals surface area (Å²) in [5.41, 5.74) is 1.97. The second-order valence-electron chi connectivity index (χ2n) is 6.37. The van der Waals surface area contributed by atoms with Crippen LogP contribution < -0.4 is 14.8 Å². The van der Waals surface area contributed by atoms with E-state index in [1.54, 1.807) is 51.5 Å². The van der Waals surface area contributed by atoms with Crippen molar-refractivity contribution in [3.05, 3.63) is 71.8 Å².